The highest BCUT2D eigenvalue weighted by Gasteiger charge is 2.33. The number of aryl methyl sites for hydroxylation is 1. The second-order valence-corrected chi connectivity index (χ2v) is 5.39. The van der Waals surface area contributed by atoms with Crippen molar-refractivity contribution in [3.8, 4) is 0 Å². The van der Waals surface area contributed by atoms with Gasteiger partial charge in [0.05, 0.1) is 28.8 Å². The molecule has 102 valence electrons. The van der Waals surface area contributed by atoms with Gasteiger partial charge in [0.1, 0.15) is 6.33 Å². The van der Waals surface area contributed by atoms with Crippen molar-refractivity contribution >= 4 is 11.6 Å². The molecule has 0 spiro atoms. The Morgan fingerprint density at radius 2 is 2.25 bits per heavy atom. The van der Waals surface area contributed by atoms with Crippen LogP contribution in [0.2, 0.25) is 0 Å². The Kier molecular flexibility index (Phi) is 2.55. The molecule has 2 aromatic heterocycles. The average Bonchev–Trinajstić information content (AvgIpc) is 3.23. The van der Waals surface area contributed by atoms with Gasteiger partial charge in [-0.1, -0.05) is 0 Å². The maximum atomic E-state index is 12.8. The molecule has 0 unspecified atom stereocenters. The fourth-order valence-electron chi connectivity index (χ4n) is 2.80. The molecule has 6 nitrogen and oxygen atoms in total. The zero-order valence-corrected chi connectivity index (χ0v) is 11.0. The van der Waals surface area contributed by atoms with Crippen LogP contribution in [0.5, 0.6) is 0 Å². The number of nitrogens with zero attached hydrogens (tertiary/aromatic N) is 4. The molecule has 0 radical (unpaired) electrons. The summed E-state index contributed by atoms with van der Waals surface area (Å²) in [4.78, 5) is 23.0. The summed E-state index contributed by atoms with van der Waals surface area (Å²) >= 11 is 0. The highest BCUT2D eigenvalue weighted by molar-refractivity contribution is 6.07. The highest BCUT2D eigenvalue weighted by atomic mass is 16.2. The molecule has 1 fully saturated rings. The molecule has 0 bridgehead atoms. The van der Waals surface area contributed by atoms with E-state index in [1.165, 1.54) is 6.33 Å². The molecule has 1 N–H and O–H groups in total. The first-order valence-electron chi connectivity index (χ1n) is 6.98. The number of hydrogen-bond acceptors (Lipinski definition) is 4. The number of hydrogen-bond donors (Lipinski definition) is 1. The summed E-state index contributed by atoms with van der Waals surface area (Å²) in [6.45, 7) is 0.727. The smallest absolute Gasteiger partial charge is 0.261 e. The summed E-state index contributed by atoms with van der Waals surface area (Å²) in [7, 11) is 0. The Morgan fingerprint density at radius 1 is 1.35 bits per heavy atom. The molecule has 3 heterocycles. The molecular formula is C14H15N5O. The molecule has 2 aromatic rings. The lowest BCUT2D eigenvalue weighted by atomic mass is 10.1. The van der Waals surface area contributed by atoms with Crippen LogP contribution in [0, 0.1) is 0 Å². The molecular weight excluding hydrogens is 254 g/mol. The van der Waals surface area contributed by atoms with Gasteiger partial charge < -0.3 is 4.90 Å². The number of H-pyrrole nitrogens is 1. The first-order valence-corrected chi connectivity index (χ1v) is 6.98. The minimum absolute atomic E-state index is 0.00477. The predicted octanol–water partition coefficient (Wildman–Crippen LogP) is 1.67. The zero-order valence-electron chi connectivity index (χ0n) is 11.0. The van der Waals surface area contributed by atoms with Crippen LogP contribution in [0.4, 0.5) is 5.69 Å². The molecule has 0 saturated heterocycles. The van der Waals surface area contributed by atoms with Crippen LogP contribution in [-0.2, 0) is 6.42 Å². The van der Waals surface area contributed by atoms with Crippen molar-refractivity contribution in [1.29, 1.82) is 0 Å². The minimum Gasteiger partial charge on any atom is -0.305 e. The Labute approximate surface area is 116 Å². The molecule has 0 atom stereocenters. The van der Waals surface area contributed by atoms with Crippen molar-refractivity contribution < 1.29 is 4.79 Å². The lowest BCUT2D eigenvalue weighted by Gasteiger charge is -2.26. The number of amides is 1. The number of rotatable bonds is 2. The SMILES string of the molecule is O=C(c1cncnc1C1CC1)N1CCCc2[nH]ncc21. The van der Waals surface area contributed by atoms with E-state index in [0.717, 1.165) is 49.3 Å². The van der Waals surface area contributed by atoms with Crippen molar-refractivity contribution in [2.45, 2.75) is 31.6 Å². The van der Waals surface area contributed by atoms with Gasteiger partial charge in [0.15, 0.2) is 0 Å². The fraction of sp³-hybridized carbons (Fsp3) is 0.429. The van der Waals surface area contributed by atoms with Gasteiger partial charge in [-0.3, -0.25) is 9.89 Å². The summed E-state index contributed by atoms with van der Waals surface area (Å²) in [5, 5.41) is 7.02. The van der Waals surface area contributed by atoms with E-state index in [9.17, 15) is 4.79 Å². The number of aromatic nitrogens is 4. The van der Waals surface area contributed by atoms with E-state index >= 15 is 0 Å². The lowest BCUT2D eigenvalue weighted by molar-refractivity contribution is 0.0983. The van der Waals surface area contributed by atoms with Crippen LogP contribution >= 0.6 is 0 Å². The summed E-state index contributed by atoms with van der Waals surface area (Å²) in [6.07, 6.45) is 9.05. The molecule has 1 amide bonds. The third kappa shape index (κ3) is 1.79. The lowest BCUT2D eigenvalue weighted by Crippen LogP contribution is -2.35. The molecule has 2 aliphatic rings. The molecule has 20 heavy (non-hydrogen) atoms. The fourth-order valence-corrected chi connectivity index (χ4v) is 2.80. The summed E-state index contributed by atoms with van der Waals surface area (Å²) < 4.78 is 0. The van der Waals surface area contributed by atoms with E-state index in [1.54, 1.807) is 17.3 Å². The number of anilines is 1. The van der Waals surface area contributed by atoms with Gasteiger partial charge >= 0.3 is 0 Å². The second kappa shape index (κ2) is 4.40. The highest BCUT2D eigenvalue weighted by Crippen LogP contribution is 2.40. The Bertz CT molecular complexity index is 661. The maximum Gasteiger partial charge on any atom is 0.261 e. The monoisotopic (exact) mass is 269 g/mol. The largest absolute Gasteiger partial charge is 0.305 e. The zero-order chi connectivity index (χ0) is 13.5. The number of aromatic amines is 1. The van der Waals surface area contributed by atoms with Crippen LogP contribution in [0.3, 0.4) is 0 Å². The van der Waals surface area contributed by atoms with Gasteiger partial charge in [0.2, 0.25) is 0 Å². The van der Waals surface area contributed by atoms with Gasteiger partial charge in [-0.25, -0.2) is 9.97 Å². The number of carbonyl (C=O) groups is 1. The summed E-state index contributed by atoms with van der Waals surface area (Å²) in [5.41, 5.74) is 3.48. The van der Waals surface area contributed by atoms with E-state index in [1.807, 2.05) is 0 Å². The van der Waals surface area contributed by atoms with Crippen LogP contribution in [0.1, 0.15) is 46.9 Å². The van der Waals surface area contributed by atoms with Crippen LogP contribution < -0.4 is 4.90 Å². The van der Waals surface area contributed by atoms with Crippen molar-refractivity contribution in [3.05, 3.63) is 35.7 Å². The Morgan fingerprint density at radius 3 is 3.10 bits per heavy atom. The topological polar surface area (TPSA) is 74.8 Å². The molecule has 1 aliphatic heterocycles. The third-order valence-corrected chi connectivity index (χ3v) is 3.98. The molecule has 1 saturated carbocycles. The van der Waals surface area contributed by atoms with E-state index in [0.29, 0.717) is 11.5 Å². The van der Waals surface area contributed by atoms with Gasteiger partial charge in [0.25, 0.3) is 5.91 Å². The van der Waals surface area contributed by atoms with E-state index in [-0.39, 0.29) is 5.91 Å². The van der Waals surface area contributed by atoms with E-state index in [2.05, 4.69) is 20.2 Å². The van der Waals surface area contributed by atoms with Crippen molar-refractivity contribution in [2.24, 2.45) is 0 Å². The molecule has 0 aromatic carbocycles. The first kappa shape index (κ1) is 11.6. The third-order valence-electron chi connectivity index (χ3n) is 3.98. The second-order valence-electron chi connectivity index (χ2n) is 5.39. The van der Waals surface area contributed by atoms with Crippen LogP contribution in [-0.4, -0.2) is 32.6 Å². The normalized spacial score (nSPS) is 17.9. The summed E-state index contributed by atoms with van der Waals surface area (Å²) in [5.74, 6) is 0.431. The minimum atomic E-state index is -0.00477. The molecule has 4 rings (SSSR count). The van der Waals surface area contributed by atoms with Gasteiger partial charge in [-0.15, -0.1) is 0 Å². The van der Waals surface area contributed by atoms with Crippen molar-refractivity contribution in [3.63, 3.8) is 0 Å². The number of fused-ring (bicyclic) bond motifs is 1. The number of nitrogens with one attached hydrogen (secondary N) is 1. The van der Waals surface area contributed by atoms with Crippen molar-refractivity contribution in [2.75, 3.05) is 11.4 Å². The van der Waals surface area contributed by atoms with Crippen molar-refractivity contribution in [1.82, 2.24) is 20.2 Å². The standard InChI is InChI=1S/C14H15N5O/c20-14(10-6-15-8-16-13(10)9-3-4-9)19-5-1-2-11-12(19)7-17-18-11/h6-9H,1-5H2,(H,17,18). The van der Waals surface area contributed by atoms with E-state index in [4.69, 9.17) is 0 Å². The maximum absolute atomic E-state index is 12.8. The first-order chi connectivity index (χ1) is 9.84. The van der Waals surface area contributed by atoms with Gasteiger partial charge in [0, 0.05) is 18.7 Å². The average molecular weight is 269 g/mol. The number of carbonyl (C=O) groups excluding carboxylic acids is 1. The summed E-state index contributed by atoms with van der Waals surface area (Å²) in [6, 6.07) is 0. The van der Waals surface area contributed by atoms with Gasteiger partial charge in [-0.2, -0.15) is 5.10 Å². The quantitative estimate of drug-likeness (QED) is 0.900. The Hall–Kier alpha value is -2.24. The molecule has 6 heteroatoms. The van der Waals surface area contributed by atoms with Crippen LogP contribution in [0.25, 0.3) is 0 Å². The Balaban J connectivity index is 1.72. The predicted molar refractivity (Wildman–Crippen MR) is 72.6 cm³/mol. The van der Waals surface area contributed by atoms with Crippen LogP contribution in [0.15, 0.2) is 18.7 Å². The van der Waals surface area contributed by atoms with E-state index < -0.39 is 0 Å². The van der Waals surface area contributed by atoms with Gasteiger partial charge in [-0.05, 0) is 25.7 Å². The molecule has 1 aliphatic carbocycles.